The van der Waals surface area contributed by atoms with Gasteiger partial charge in [-0.25, -0.2) is 0 Å². The van der Waals surface area contributed by atoms with Gasteiger partial charge in [0.15, 0.2) is 0 Å². The van der Waals surface area contributed by atoms with Crippen molar-refractivity contribution in [3.8, 4) is 0 Å². The summed E-state index contributed by atoms with van der Waals surface area (Å²) < 4.78 is 3.00. The molecule has 2 aromatic carbocycles. The Kier molecular flexibility index (Phi) is 4.21. The van der Waals surface area contributed by atoms with Crippen molar-refractivity contribution in [1.82, 2.24) is 0 Å². The molecule has 0 spiro atoms. The third-order valence-electron chi connectivity index (χ3n) is 2.74. The molecule has 0 fully saturated rings. The topological polar surface area (TPSA) is 0 Å². The van der Waals surface area contributed by atoms with Crippen LogP contribution in [-0.4, -0.2) is 0 Å². The molecule has 0 aliphatic heterocycles. The second-order valence-corrected chi connectivity index (χ2v) is 7.63. The van der Waals surface area contributed by atoms with E-state index in [-0.39, 0.29) is 21.2 Å². The number of halogens is 1. The quantitative estimate of drug-likeness (QED) is 0.740. The van der Waals surface area contributed by atoms with Crippen LogP contribution in [0.15, 0.2) is 48.5 Å². The van der Waals surface area contributed by atoms with Gasteiger partial charge in [-0.3, -0.25) is 0 Å². The van der Waals surface area contributed by atoms with Crippen LogP contribution in [0.2, 0.25) is 0 Å². The van der Waals surface area contributed by atoms with Gasteiger partial charge >= 0.3 is 115 Å². The number of rotatable bonds is 3. The van der Waals surface area contributed by atoms with Crippen molar-refractivity contribution in [2.45, 2.75) is 26.7 Å². The van der Waals surface area contributed by atoms with Crippen LogP contribution in [0.5, 0.6) is 0 Å². The van der Waals surface area contributed by atoms with Crippen LogP contribution in [0.1, 0.15) is 30.9 Å². The molecule has 2 aromatic rings. The fourth-order valence-electron chi connectivity index (χ4n) is 1.70. The minimum absolute atomic E-state index is 0.0207. The Morgan fingerprint density at radius 3 is 2.18 bits per heavy atom. The first-order valence-electron chi connectivity index (χ1n) is 5.96. The number of hydrogen-bond donors (Lipinski definition) is 0. The van der Waals surface area contributed by atoms with Crippen LogP contribution in [0.4, 0.5) is 0 Å². The van der Waals surface area contributed by atoms with Crippen molar-refractivity contribution in [1.29, 1.82) is 0 Å². The van der Waals surface area contributed by atoms with E-state index in [1.54, 1.807) is 0 Å². The van der Waals surface area contributed by atoms with Gasteiger partial charge in [0.2, 0.25) is 0 Å². The van der Waals surface area contributed by atoms with Crippen molar-refractivity contribution in [3.63, 3.8) is 0 Å². The van der Waals surface area contributed by atoms with Gasteiger partial charge in [-0.05, 0) is 0 Å². The normalized spacial score (nSPS) is 11.1. The molecule has 1 heteroatoms. The van der Waals surface area contributed by atoms with Crippen LogP contribution in [0.3, 0.4) is 0 Å². The molecule has 0 aromatic heterocycles. The summed E-state index contributed by atoms with van der Waals surface area (Å²) in [4.78, 5) is 0. The molecule has 17 heavy (non-hydrogen) atoms. The van der Waals surface area contributed by atoms with Crippen LogP contribution >= 0.6 is 0 Å². The summed E-state index contributed by atoms with van der Waals surface area (Å²) in [6.45, 7) is 6.64. The van der Waals surface area contributed by atoms with Crippen molar-refractivity contribution < 1.29 is 21.2 Å². The van der Waals surface area contributed by atoms with E-state index in [1.807, 2.05) is 0 Å². The van der Waals surface area contributed by atoms with Gasteiger partial charge in [-0.1, -0.05) is 0 Å². The average molecular weight is 337 g/mol. The maximum atomic E-state index is 2.31. The van der Waals surface area contributed by atoms with E-state index < -0.39 is 0 Å². The van der Waals surface area contributed by atoms with Crippen LogP contribution < -0.4 is 21.2 Å². The van der Waals surface area contributed by atoms with Crippen molar-refractivity contribution >= 4 is 0 Å². The molecule has 0 aliphatic rings. The molecule has 0 unspecified atom stereocenters. The SMILES string of the molecule is Cc1cccc([I-]c2ccc(C(C)C)cc2)c1. The summed E-state index contributed by atoms with van der Waals surface area (Å²) >= 11 is -0.0207. The van der Waals surface area contributed by atoms with Gasteiger partial charge < -0.3 is 0 Å². The number of aryl methyl sites for hydroxylation is 1. The zero-order valence-electron chi connectivity index (χ0n) is 10.6. The first-order chi connectivity index (χ1) is 8.15. The molecular weight excluding hydrogens is 319 g/mol. The van der Waals surface area contributed by atoms with E-state index in [4.69, 9.17) is 0 Å². The first kappa shape index (κ1) is 12.6. The number of hydrogen-bond acceptors (Lipinski definition) is 0. The molecule has 0 radical (unpaired) electrons. The molecule has 0 saturated heterocycles. The second-order valence-electron chi connectivity index (χ2n) is 4.60. The Balaban J connectivity index is 2.14. The van der Waals surface area contributed by atoms with E-state index in [0.29, 0.717) is 5.92 Å². The third-order valence-corrected chi connectivity index (χ3v) is 5.37. The van der Waals surface area contributed by atoms with E-state index in [0.717, 1.165) is 0 Å². The molecule has 0 heterocycles. The van der Waals surface area contributed by atoms with Gasteiger partial charge in [0.1, 0.15) is 0 Å². The summed E-state index contributed by atoms with van der Waals surface area (Å²) in [7, 11) is 0. The predicted molar refractivity (Wildman–Crippen MR) is 69.1 cm³/mol. The van der Waals surface area contributed by atoms with Crippen molar-refractivity contribution in [2.75, 3.05) is 0 Å². The zero-order chi connectivity index (χ0) is 12.3. The van der Waals surface area contributed by atoms with Gasteiger partial charge in [0.25, 0.3) is 0 Å². The van der Waals surface area contributed by atoms with Crippen molar-refractivity contribution in [3.05, 3.63) is 66.8 Å². The summed E-state index contributed by atoms with van der Waals surface area (Å²) in [5.41, 5.74) is 2.79. The monoisotopic (exact) mass is 337 g/mol. The molecular formula is C16H18I-. The Labute approximate surface area is 114 Å². The van der Waals surface area contributed by atoms with Gasteiger partial charge in [-0.2, -0.15) is 0 Å². The Bertz CT molecular complexity index is 483. The average Bonchev–Trinajstić information content (AvgIpc) is 2.29. The van der Waals surface area contributed by atoms with Crippen LogP contribution in [-0.2, 0) is 0 Å². The molecule has 0 saturated carbocycles. The molecule has 0 amide bonds. The van der Waals surface area contributed by atoms with Gasteiger partial charge in [0, 0.05) is 0 Å². The molecule has 2 rings (SSSR count). The number of benzene rings is 2. The summed E-state index contributed by atoms with van der Waals surface area (Å²) in [5, 5.41) is 0. The predicted octanol–water partition coefficient (Wildman–Crippen LogP) is 1.25. The molecule has 0 nitrogen and oxygen atoms in total. The summed E-state index contributed by atoms with van der Waals surface area (Å²) in [5.74, 6) is 0.626. The van der Waals surface area contributed by atoms with E-state index in [1.165, 1.54) is 18.3 Å². The van der Waals surface area contributed by atoms with Gasteiger partial charge in [0.05, 0.1) is 0 Å². The standard InChI is InChI=1S/C16H18I/c1-12(2)14-7-9-15(10-8-14)17-16-6-4-5-13(3)11-16/h4-12H,1-3H3/q-1. The first-order valence-corrected chi connectivity index (χ1v) is 8.12. The summed E-state index contributed by atoms with van der Waals surface area (Å²) in [6, 6.07) is 18.0. The molecule has 0 bridgehead atoms. The Morgan fingerprint density at radius 1 is 0.882 bits per heavy atom. The minimum atomic E-state index is -0.0207. The molecule has 90 valence electrons. The second kappa shape index (κ2) is 5.67. The molecule has 0 aliphatic carbocycles. The van der Waals surface area contributed by atoms with Crippen LogP contribution in [0, 0.1) is 14.1 Å². The molecule has 0 atom stereocenters. The Hall–Kier alpha value is -0.830. The van der Waals surface area contributed by atoms with Crippen LogP contribution in [0.25, 0.3) is 0 Å². The Morgan fingerprint density at radius 2 is 1.59 bits per heavy atom. The molecule has 0 N–H and O–H groups in total. The fraction of sp³-hybridized carbons (Fsp3) is 0.250. The van der Waals surface area contributed by atoms with Gasteiger partial charge in [-0.15, -0.1) is 0 Å². The van der Waals surface area contributed by atoms with E-state index in [9.17, 15) is 0 Å². The van der Waals surface area contributed by atoms with Crippen molar-refractivity contribution in [2.24, 2.45) is 0 Å². The van der Waals surface area contributed by atoms with E-state index in [2.05, 4.69) is 69.3 Å². The van der Waals surface area contributed by atoms with E-state index >= 15 is 0 Å². The zero-order valence-corrected chi connectivity index (χ0v) is 12.7. The third kappa shape index (κ3) is 3.56. The summed E-state index contributed by atoms with van der Waals surface area (Å²) in [6.07, 6.45) is 0. The maximum absolute atomic E-state index is 2.31. The fourth-order valence-corrected chi connectivity index (χ4v) is 4.17.